The van der Waals surface area contributed by atoms with E-state index in [1.165, 1.54) is 0 Å². The molecule has 4 rings (SSSR count). The largest absolute Gasteiger partial charge is 0.360 e. The fourth-order valence-electron chi connectivity index (χ4n) is 3.67. The van der Waals surface area contributed by atoms with E-state index >= 15 is 0 Å². The molecule has 0 aliphatic carbocycles. The summed E-state index contributed by atoms with van der Waals surface area (Å²) in [6.45, 7) is 3.12. The number of halogens is 1. The fraction of sp³-hybridized carbons (Fsp3) is 0.350. The highest BCUT2D eigenvalue weighted by molar-refractivity contribution is 6.33. The first-order valence-electron chi connectivity index (χ1n) is 9.04. The molecule has 0 spiro atoms. The van der Waals surface area contributed by atoms with Gasteiger partial charge in [-0.15, -0.1) is 0 Å². The van der Waals surface area contributed by atoms with Gasteiger partial charge < -0.3 is 9.42 Å². The van der Waals surface area contributed by atoms with E-state index in [0.717, 1.165) is 25.1 Å². The van der Waals surface area contributed by atoms with Crippen molar-refractivity contribution in [1.29, 1.82) is 0 Å². The lowest BCUT2D eigenvalue weighted by atomic mass is 9.94. The van der Waals surface area contributed by atoms with Gasteiger partial charge in [-0.25, -0.2) is 0 Å². The van der Waals surface area contributed by atoms with E-state index in [2.05, 4.69) is 10.3 Å². The molecule has 7 heteroatoms. The minimum absolute atomic E-state index is 0.0655. The van der Waals surface area contributed by atoms with Crippen molar-refractivity contribution in [2.75, 3.05) is 13.1 Å². The van der Waals surface area contributed by atoms with E-state index in [9.17, 15) is 4.79 Å². The van der Waals surface area contributed by atoms with E-state index in [-0.39, 0.29) is 11.8 Å². The van der Waals surface area contributed by atoms with Crippen LogP contribution in [0.25, 0.3) is 11.3 Å². The maximum Gasteiger partial charge on any atom is 0.259 e. The summed E-state index contributed by atoms with van der Waals surface area (Å²) in [5, 5.41) is 9.18. The van der Waals surface area contributed by atoms with Crippen LogP contribution in [0.15, 0.2) is 41.1 Å². The summed E-state index contributed by atoms with van der Waals surface area (Å²) in [5.74, 6) is 0.687. The molecule has 1 fully saturated rings. The molecule has 27 heavy (non-hydrogen) atoms. The van der Waals surface area contributed by atoms with Crippen LogP contribution in [0.4, 0.5) is 0 Å². The second-order valence-corrected chi connectivity index (χ2v) is 7.35. The van der Waals surface area contributed by atoms with Gasteiger partial charge in [-0.2, -0.15) is 5.10 Å². The van der Waals surface area contributed by atoms with Crippen molar-refractivity contribution >= 4 is 17.5 Å². The molecule has 1 saturated heterocycles. The van der Waals surface area contributed by atoms with Gasteiger partial charge in [-0.05, 0) is 31.9 Å². The van der Waals surface area contributed by atoms with Crippen LogP contribution in [0.3, 0.4) is 0 Å². The third kappa shape index (κ3) is 3.37. The van der Waals surface area contributed by atoms with Crippen LogP contribution >= 0.6 is 11.6 Å². The van der Waals surface area contributed by atoms with Gasteiger partial charge in [0.1, 0.15) is 17.0 Å². The number of likely N-dealkylation sites (tertiary alicyclic amines) is 1. The van der Waals surface area contributed by atoms with Crippen LogP contribution in [-0.4, -0.2) is 38.8 Å². The monoisotopic (exact) mass is 384 g/mol. The molecular formula is C20H21ClN4O2. The Morgan fingerprint density at radius 2 is 2.11 bits per heavy atom. The summed E-state index contributed by atoms with van der Waals surface area (Å²) < 4.78 is 7.16. The molecule has 0 bridgehead atoms. The highest BCUT2D eigenvalue weighted by Crippen LogP contribution is 2.33. The van der Waals surface area contributed by atoms with Gasteiger partial charge in [0.2, 0.25) is 0 Å². The van der Waals surface area contributed by atoms with E-state index in [1.807, 2.05) is 42.4 Å². The number of benzene rings is 1. The molecule has 140 valence electrons. The van der Waals surface area contributed by atoms with Crippen molar-refractivity contribution in [3.8, 4) is 11.3 Å². The minimum atomic E-state index is -0.0655. The Labute approximate surface area is 162 Å². The minimum Gasteiger partial charge on any atom is -0.360 e. The molecule has 0 saturated carbocycles. The Hall–Kier alpha value is -2.60. The van der Waals surface area contributed by atoms with E-state index < -0.39 is 0 Å². The fourth-order valence-corrected chi connectivity index (χ4v) is 3.90. The summed E-state index contributed by atoms with van der Waals surface area (Å²) >= 11 is 6.32. The van der Waals surface area contributed by atoms with Gasteiger partial charge in [-0.1, -0.05) is 35.0 Å². The average molecular weight is 385 g/mol. The van der Waals surface area contributed by atoms with Crippen molar-refractivity contribution < 1.29 is 9.32 Å². The maximum absolute atomic E-state index is 13.3. The Morgan fingerprint density at radius 3 is 2.85 bits per heavy atom. The van der Waals surface area contributed by atoms with E-state index in [0.29, 0.717) is 34.1 Å². The predicted molar refractivity (Wildman–Crippen MR) is 103 cm³/mol. The highest BCUT2D eigenvalue weighted by atomic mass is 35.5. The molecule has 6 nitrogen and oxygen atoms in total. The standard InChI is InChI=1S/C20H21ClN4O2/c1-13-18(19(23-27-13)15-7-3-4-8-16(15)21)20(26)25-10-5-6-14(12-25)17-9-11-24(2)22-17/h3-4,7-9,11,14H,5-6,10,12H2,1-2H3. The van der Waals surface area contributed by atoms with E-state index in [1.54, 1.807) is 17.7 Å². The van der Waals surface area contributed by atoms with Crippen LogP contribution in [0.5, 0.6) is 0 Å². The molecule has 1 aliphatic rings. The lowest BCUT2D eigenvalue weighted by molar-refractivity contribution is 0.0704. The van der Waals surface area contributed by atoms with Crippen LogP contribution in [0.1, 0.15) is 40.6 Å². The van der Waals surface area contributed by atoms with Crippen molar-refractivity contribution in [1.82, 2.24) is 19.8 Å². The normalized spacial score (nSPS) is 17.3. The molecule has 3 aromatic rings. The number of aromatic nitrogens is 3. The Kier molecular flexibility index (Phi) is 4.74. The van der Waals surface area contributed by atoms with Gasteiger partial charge in [-0.3, -0.25) is 9.48 Å². The average Bonchev–Trinajstić information content (AvgIpc) is 3.27. The molecule has 1 aliphatic heterocycles. The number of piperidine rings is 1. The summed E-state index contributed by atoms with van der Waals surface area (Å²) in [6.07, 6.45) is 3.91. The maximum atomic E-state index is 13.3. The first-order valence-corrected chi connectivity index (χ1v) is 9.42. The van der Waals surface area contributed by atoms with E-state index in [4.69, 9.17) is 16.1 Å². The van der Waals surface area contributed by atoms with Crippen LogP contribution in [0, 0.1) is 6.92 Å². The summed E-state index contributed by atoms with van der Waals surface area (Å²) in [6, 6.07) is 9.38. The number of carbonyl (C=O) groups excluding carboxylic acids is 1. The zero-order chi connectivity index (χ0) is 19.0. The Morgan fingerprint density at radius 1 is 1.30 bits per heavy atom. The summed E-state index contributed by atoms with van der Waals surface area (Å²) in [5.41, 5.74) is 2.73. The zero-order valence-corrected chi connectivity index (χ0v) is 16.1. The second kappa shape index (κ2) is 7.19. The smallest absolute Gasteiger partial charge is 0.259 e. The Bertz CT molecular complexity index is 978. The van der Waals surface area contributed by atoms with Crippen LogP contribution in [-0.2, 0) is 7.05 Å². The topological polar surface area (TPSA) is 64.2 Å². The Balaban J connectivity index is 1.63. The first kappa shape index (κ1) is 17.8. The van der Waals surface area contributed by atoms with Gasteiger partial charge >= 0.3 is 0 Å². The predicted octanol–water partition coefficient (Wildman–Crippen LogP) is 4.06. The van der Waals surface area contributed by atoms with Crippen molar-refractivity contribution in [3.63, 3.8) is 0 Å². The van der Waals surface area contributed by atoms with Gasteiger partial charge in [0.25, 0.3) is 5.91 Å². The van der Waals surface area contributed by atoms with Crippen LogP contribution < -0.4 is 0 Å². The molecule has 1 atom stereocenters. The van der Waals surface area contributed by atoms with Crippen molar-refractivity contribution in [2.45, 2.75) is 25.7 Å². The number of aryl methyl sites for hydroxylation is 2. The van der Waals surface area contributed by atoms with Gasteiger partial charge in [0.15, 0.2) is 0 Å². The molecule has 2 aromatic heterocycles. The lowest BCUT2D eigenvalue weighted by Gasteiger charge is -2.32. The quantitative estimate of drug-likeness (QED) is 0.683. The van der Waals surface area contributed by atoms with Crippen molar-refractivity contribution in [3.05, 3.63) is 58.6 Å². The molecule has 1 amide bonds. The summed E-state index contributed by atoms with van der Waals surface area (Å²) in [7, 11) is 1.91. The molecule has 3 heterocycles. The molecular weight excluding hydrogens is 364 g/mol. The molecule has 1 aromatic carbocycles. The first-order chi connectivity index (χ1) is 13.0. The number of rotatable bonds is 3. The highest BCUT2D eigenvalue weighted by Gasteiger charge is 2.31. The van der Waals surface area contributed by atoms with Gasteiger partial charge in [0.05, 0.1) is 10.7 Å². The number of nitrogens with zero attached hydrogens (tertiary/aromatic N) is 4. The molecule has 0 radical (unpaired) electrons. The van der Waals surface area contributed by atoms with Crippen LogP contribution in [0.2, 0.25) is 5.02 Å². The SMILES string of the molecule is Cc1onc(-c2ccccc2Cl)c1C(=O)N1CCCC(c2ccn(C)n2)C1. The number of hydrogen-bond acceptors (Lipinski definition) is 4. The molecule has 0 N–H and O–H groups in total. The second-order valence-electron chi connectivity index (χ2n) is 6.95. The lowest BCUT2D eigenvalue weighted by Crippen LogP contribution is -2.39. The van der Waals surface area contributed by atoms with Gasteiger partial charge in [0, 0.05) is 37.8 Å². The third-order valence-corrected chi connectivity index (χ3v) is 5.40. The summed E-state index contributed by atoms with van der Waals surface area (Å²) in [4.78, 5) is 15.2. The molecule has 1 unspecified atom stereocenters. The number of carbonyl (C=O) groups is 1. The zero-order valence-electron chi connectivity index (χ0n) is 15.4. The third-order valence-electron chi connectivity index (χ3n) is 5.07. The van der Waals surface area contributed by atoms with Crippen molar-refractivity contribution in [2.24, 2.45) is 7.05 Å². The number of amides is 1. The number of hydrogen-bond donors (Lipinski definition) is 0.